The van der Waals surface area contributed by atoms with Crippen LogP contribution in [0, 0.1) is 0 Å². The molecule has 2 aromatic rings. The Bertz CT molecular complexity index is 608. The van der Waals surface area contributed by atoms with Gasteiger partial charge in [0.05, 0.1) is 12.3 Å². The maximum Gasteiger partial charge on any atom is 0.332 e. The summed E-state index contributed by atoms with van der Waals surface area (Å²) in [6.07, 6.45) is 3.48. The summed E-state index contributed by atoms with van der Waals surface area (Å²) < 4.78 is 6.38. The number of hydrogen-bond donors (Lipinski definition) is 2. The highest BCUT2D eigenvalue weighted by Crippen LogP contribution is 2.12. The van der Waals surface area contributed by atoms with Gasteiger partial charge >= 0.3 is 5.97 Å². The van der Waals surface area contributed by atoms with Gasteiger partial charge in [-0.1, -0.05) is 0 Å². The van der Waals surface area contributed by atoms with Crippen molar-refractivity contribution in [3.63, 3.8) is 0 Å². The van der Waals surface area contributed by atoms with Crippen LogP contribution in [0.2, 0.25) is 0 Å². The van der Waals surface area contributed by atoms with E-state index in [1.807, 2.05) is 12.3 Å². The highest BCUT2D eigenvalue weighted by Gasteiger charge is 2.23. The second-order valence-electron chi connectivity index (χ2n) is 4.22. The number of aromatic nitrogens is 2. The van der Waals surface area contributed by atoms with E-state index in [0.29, 0.717) is 5.69 Å². The van der Waals surface area contributed by atoms with E-state index >= 15 is 0 Å². The van der Waals surface area contributed by atoms with Gasteiger partial charge < -0.3 is 15.8 Å². The number of benzene rings is 1. The molecule has 3 N–H and O–H groups in total. The first-order chi connectivity index (χ1) is 10.1. The third-order valence-electron chi connectivity index (χ3n) is 2.73. The lowest BCUT2D eigenvalue weighted by molar-refractivity contribution is -0.146. The van der Waals surface area contributed by atoms with E-state index < -0.39 is 17.9 Å². The van der Waals surface area contributed by atoms with Crippen LogP contribution in [-0.2, 0) is 14.3 Å². The van der Waals surface area contributed by atoms with Crippen molar-refractivity contribution in [2.24, 2.45) is 5.73 Å². The number of hydrogen-bond acceptors (Lipinski definition) is 5. The van der Waals surface area contributed by atoms with Crippen molar-refractivity contribution in [3.05, 3.63) is 42.7 Å². The average molecular weight is 288 g/mol. The third kappa shape index (κ3) is 3.67. The summed E-state index contributed by atoms with van der Waals surface area (Å²) in [7, 11) is 0. The second kappa shape index (κ2) is 6.67. The van der Waals surface area contributed by atoms with Crippen LogP contribution in [0.25, 0.3) is 5.69 Å². The van der Waals surface area contributed by atoms with Gasteiger partial charge in [0.1, 0.15) is 0 Å². The summed E-state index contributed by atoms with van der Waals surface area (Å²) in [5, 5.41) is 6.66. The number of nitrogens with two attached hydrogens (primary N) is 1. The van der Waals surface area contributed by atoms with Crippen LogP contribution in [0.15, 0.2) is 42.7 Å². The Labute approximate surface area is 121 Å². The molecule has 0 aliphatic heterocycles. The fourth-order valence-corrected chi connectivity index (χ4v) is 1.68. The first-order valence-electron chi connectivity index (χ1n) is 6.45. The van der Waals surface area contributed by atoms with Crippen LogP contribution in [0.4, 0.5) is 5.69 Å². The Morgan fingerprint density at radius 3 is 2.67 bits per heavy atom. The molecule has 1 unspecified atom stereocenters. The van der Waals surface area contributed by atoms with Crippen LogP contribution in [0.1, 0.15) is 6.92 Å². The zero-order valence-electron chi connectivity index (χ0n) is 11.5. The minimum Gasteiger partial charge on any atom is -0.464 e. The summed E-state index contributed by atoms with van der Waals surface area (Å²) in [5.74, 6) is -1.36. The van der Waals surface area contributed by atoms with Gasteiger partial charge in [0, 0.05) is 18.1 Å². The predicted octanol–water partition coefficient (Wildman–Crippen LogP) is 0.701. The zero-order valence-corrected chi connectivity index (χ0v) is 11.5. The third-order valence-corrected chi connectivity index (χ3v) is 2.73. The Kier molecular flexibility index (Phi) is 4.68. The standard InChI is InChI=1S/C14H16N4O3/c1-2-21-14(20)12(15)13(19)17-10-4-6-11(7-5-10)18-9-3-8-16-18/h3-9,12H,2,15H2,1H3,(H,17,19). The number of carbonyl (C=O) groups excluding carboxylic acids is 2. The quantitative estimate of drug-likeness (QED) is 0.623. The van der Waals surface area contributed by atoms with Crippen molar-refractivity contribution in [3.8, 4) is 5.69 Å². The molecule has 110 valence electrons. The lowest BCUT2D eigenvalue weighted by atomic mass is 10.2. The minimum atomic E-state index is -1.34. The largest absolute Gasteiger partial charge is 0.464 e. The molecule has 0 spiro atoms. The van der Waals surface area contributed by atoms with E-state index in [2.05, 4.69) is 10.4 Å². The topological polar surface area (TPSA) is 99.2 Å². The van der Waals surface area contributed by atoms with Gasteiger partial charge in [0.25, 0.3) is 5.91 Å². The van der Waals surface area contributed by atoms with Gasteiger partial charge in [-0.15, -0.1) is 0 Å². The number of nitrogens with zero attached hydrogens (tertiary/aromatic N) is 2. The molecule has 1 amide bonds. The smallest absolute Gasteiger partial charge is 0.332 e. The second-order valence-corrected chi connectivity index (χ2v) is 4.22. The lowest BCUT2D eigenvalue weighted by Crippen LogP contribution is -2.43. The van der Waals surface area contributed by atoms with Crippen molar-refractivity contribution in [1.82, 2.24) is 9.78 Å². The molecule has 1 atom stereocenters. The summed E-state index contributed by atoms with van der Waals surface area (Å²) in [5.41, 5.74) is 6.89. The van der Waals surface area contributed by atoms with E-state index in [1.165, 1.54) is 0 Å². The highest BCUT2D eigenvalue weighted by molar-refractivity contribution is 6.08. The van der Waals surface area contributed by atoms with Crippen LogP contribution in [0.5, 0.6) is 0 Å². The maximum absolute atomic E-state index is 11.8. The highest BCUT2D eigenvalue weighted by atomic mass is 16.5. The zero-order chi connectivity index (χ0) is 15.2. The Balaban J connectivity index is 2.00. The molecule has 0 saturated heterocycles. The van der Waals surface area contributed by atoms with E-state index in [0.717, 1.165) is 5.69 Å². The van der Waals surface area contributed by atoms with Crippen LogP contribution in [0.3, 0.4) is 0 Å². The monoisotopic (exact) mass is 288 g/mol. The Morgan fingerprint density at radius 1 is 1.38 bits per heavy atom. The van der Waals surface area contributed by atoms with E-state index in [4.69, 9.17) is 10.5 Å². The molecule has 21 heavy (non-hydrogen) atoms. The van der Waals surface area contributed by atoms with Gasteiger partial charge in [-0.2, -0.15) is 5.10 Å². The molecule has 1 aromatic heterocycles. The number of nitrogens with one attached hydrogen (secondary N) is 1. The van der Waals surface area contributed by atoms with Crippen molar-refractivity contribution in [2.75, 3.05) is 11.9 Å². The molecule has 7 heteroatoms. The lowest BCUT2D eigenvalue weighted by Gasteiger charge is -2.11. The minimum absolute atomic E-state index is 0.179. The molecule has 2 rings (SSSR count). The maximum atomic E-state index is 11.8. The Morgan fingerprint density at radius 2 is 2.10 bits per heavy atom. The molecule has 0 fully saturated rings. The molecular weight excluding hydrogens is 272 g/mol. The summed E-state index contributed by atoms with van der Waals surface area (Å²) in [6, 6.07) is 7.46. The number of ether oxygens (including phenoxy) is 1. The number of amides is 1. The van der Waals surface area contributed by atoms with Crippen molar-refractivity contribution in [1.29, 1.82) is 0 Å². The van der Waals surface area contributed by atoms with E-state index in [-0.39, 0.29) is 6.61 Å². The molecule has 0 radical (unpaired) electrons. The number of carbonyl (C=O) groups is 2. The van der Waals surface area contributed by atoms with Gasteiger partial charge in [0.2, 0.25) is 0 Å². The number of rotatable bonds is 5. The molecule has 1 aromatic carbocycles. The SMILES string of the molecule is CCOC(=O)C(N)C(=O)Nc1ccc(-n2cccn2)cc1. The Hall–Kier alpha value is -2.67. The van der Waals surface area contributed by atoms with Crippen molar-refractivity contribution in [2.45, 2.75) is 13.0 Å². The molecule has 1 heterocycles. The molecular formula is C14H16N4O3. The van der Waals surface area contributed by atoms with E-state index in [1.54, 1.807) is 42.1 Å². The summed E-state index contributed by atoms with van der Waals surface area (Å²) >= 11 is 0. The first kappa shape index (κ1) is 14.7. The van der Waals surface area contributed by atoms with Crippen LogP contribution < -0.4 is 11.1 Å². The first-order valence-corrected chi connectivity index (χ1v) is 6.45. The fraction of sp³-hybridized carbons (Fsp3) is 0.214. The molecule has 0 bridgehead atoms. The molecule has 7 nitrogen and oxygen atoms in total. The molecule has 0 aliphatic carbocycles. The van der Waals surface area contributed by atoms with Crippen molar-refractivity contribution < 1.29 is 14.3 Å². The van der Waals surface area contributed by atoms with Gasteiger partial charge in [-0.25, -0.2) is 9.48 Å². The van der Waals surface area contributed by atoms with Crippen LogP contribution >= 0.6 is 0 Å². The van der Waals surface area contributed by atoms with Gasteiger partial charge in [0.15, 0.2) is 6.04 Å². The summed E-state index contributed by atoms with van der Waals surface area (Å²) in [4.78, 5) is 23.2. The molecule has 0 saturated carbocycles. The van der Waals surface area contributed by atoms with E-state index in [9.17, 15) is 9.59 Å². The van der Waals surface area contributed by atoms with Crippen molar-refractivity contribution >= 4 is 17.6 Å². The fourth-order valence-electron chi connectivity index (χ4n) is 1.68. The average Bonchev–Trinajstić information content (AvgIpc) is 3.01. The van der Waals surface area contributed by atoms with Gasteiger partial charge in [-0.3, -0.25) is 4.79 Å². The number of anilines is 1. The van der Waals surface area contributed by atoms with Crippen LogP contribution in [-0.4, -0.2) is 34.3 Å². The normalized spacial score (nSPS) is 11.7. The van der Waals surface area contributed by atoms with Gasteiger partial charge in [-0.05, 0) is 37.3 Å². The summed E-state index contributed by atoms with van der Waals surface area (Å²) in [6.45, 7) is 1.83. The molecule has 0 aliphatic rings. The number of esters is 1. The predicted molar refractivity (Wildman–Crippen MR) is 76.8 cm³/mol.